The molecule has 0 aliphatic rings. The normalized spacial score (nSPS) is 11.3. The molecule has 0 radical (unpaired) electrons. The number of aryl methyl sites for hydroxylation is 1. The van der Waals surface area contributed by atoms with Gasteiger partial charge in [0.1, 0.15) is 23.8 Å². The third-order valence-electron chi connectivity index (χ3n) is 4.91. The summed E-state index contributed by atoms with van der Waals surface area (Å²) < 4.78 is 50.7. The number of anilines is 1. The van der Waals surface area contributed by atoms with Gasteiger partial charge in [-0.1, -0.05) is 12.1 Å². The van der Waals surface area contributed by atoms with Gasteiger partial charge < -0.3 is 14.8 Å². The Hall–Kier alpha value is -4.34. The van der Waals surface area contributed by atoms with Gasteiger partial charge in [-0.2, -0.15) is 13.2 Å². The number of alkyl halides is 3. The van der Waals surface area contributed by atoms with E-state index in [1.165, 1.54) is 22.6 Å². The second kappa shape index (κ2) is 9.88. The molecule has 0 aliphatic carbocycles. The summed E-state index contributed by atoms with van der Waals surface area (Å²) in [7, 11) is 0. The van der Waals surface area contributed by atoms with Crippen LogP contribution in [0.15, 0.2) is 77.7 Å². The predicted molar refractivity (Wildman–Crippen MR) is 123 cm³/mol. The van der Waals surface area contributed by atoms with Crippen molar-refractivity contribution < 1.29 is 27.4 Å². The van der Waals surface area contributed by atoms with Crippen LogP contribution in [0.2, 0.25) is 0 Å². The molecule has 0 spiro atoms. The van der Waals surface area contributed by atoms with Crippen molar-refractivity contribution in [2.75, 3.05) is 11.9 Å². The molecule has 0 atom stereocenters. The number of hydrogen-bond donors (Lipinski definition) is 1. The van der Waals surface area contributed by atoms with Gasteiger partial charge in [0.15, 0.2) is 6.61 Å². The minimum absolute atomic E-state index is 0.0374. The second-order valence-corrected chi connectivity index (χ2v) is 7.70. The summed E-state index contributed by atoms with van der Waals surface area (Å²) in [6.45, 7) is 1.46. The fourth-order valence-corrected chi connectivity index (χ4v) is 3.26. The number of ether oxygens (including phenoxy) is 2. The summed E-state index contributed by atoms with van der Waals surface area (Å²) in [5.74, 6) is -0.201. The van der Waals surface area contributed by atoms with Crippen LogP contribution < -0.4 is 20.3 Å². The first-order valence-corrected chi connectivity index (χ1v) is 10.5. The number of benzene rings is 2. The van der Waals surface area contributed by atoms with E-state index in [9.17, 15) is 22.8 Å². The highest BCUT2D eigenvalue weighted by Crippen LogP contribution is 2.31. The fraction of sp³-hybridized carbons (Fsp3) is 0.160. The van der Waals surface area contributed by atoms with Gasteiger partial charge in [-0.05, 0) is 55.0 Å². The van der Waals surface area contributed by atoms with Gasteiger partial charge in [0.25, 0.3) is 11.5 Å². The molecule has 2 heterocycles. The van der Waals surface area contributed by atoms with Crippen molar-refractivity contribution in [3.63, 3.8) is 0 Å². The van der Waals surface area contributed by atoms with Crippen molar-refractivity contribution in [2.45, 2.75) is 19.7 Å². The van der Waals surface area contributed by atoms with E-state index in [2.05, 4.69) is 10.3 Å². The van der Waals surface area contributed by atoms with E-state index >= 15 is 0 Å². The monoisotopic (exact) mass is 483 g/mol. The second-order valence-electron chi connectivity index (χ2n) is 7.70. The Morgan fingerprint density at radius 3 is 2.51 bits per heavy atom. The van der Waals surface area contributed by atoms with Crippen LogP contribution in [0.3, 0.4) is 0 Å². The molecule has 4 aromatic rings. The number of halogens is 3. The molecule has 0 unspecified atom stereocenters. The zero-order valence-electron chi connectivity index (χ0n) is 18.5. The Morgan fingerprint density at radius 1 is 1.00 bits per heavy atom. The molecule has 0 bridgehead atoms. The number of carbonyl (C=O) groups excluding carboxylic acids is 1. The number of amides is 1. The summed E-state index contributed by atoms with van der Waals surface area (Å²) in [5, 5.41) is 2.60. The maximum Gasteiger partial charge on any atom is 0.416 e. The van der Waals surface area contributed by atoms with Crippen molar-refractivity contribution in [1.82, 2.24) is 9.38 Å². The highest BCUT2D eigenvalue weighted by Gasteiger charge is 2.30. The molecule has 0 saturated heterocycles. The van der Waals surface area contributed by atoms with E-state index in [-0.39, 0.29) is 17.9 Å². The molecule has 2 aromatic heterocycles. The summed E-state index contributed by atoms with van der Waals surface area (Å²) >= 11 is 0. The van der Waals surface area contributed by atoms with E-state index in [0.717, 1.165) is 17.7 Å². The SMILES string of the molecule is Cc1ccn2c(=O)cc(COc3cccc(NC(=O)COc4cccc(C(F)(F)F)c4)c3)nc2c1. The van der Waals surface area contributed by atoms with Gasteiger partial charge in [0.05, 0.1) is 11.3 Å². The molecule has 35 heavy (non-hydrogen) atoms. The van der Waals surface area contributed by atoms with Gasteiger partial charge in [-0.15, -0.1) is 0 Å². The number of aromatic nitrogens is 2. The van der Waals surface area contributed by atoms with Gasteiger partial charge >= 0.3 is 6.18 Å². The molecule has 7 nitrogen and oxygen atoms in total. The van der Waals surface area contributed by atoms with Crippen molar-refractivity contribution in [1.29, 1.82) is 0 Å². The number of nitrogens with zero attached hydrogens (tertiary/aromatic N) is 2. The lowest BCUT2D eigenvalue weighted by Gasteiger charge is -2.11. The van der Waals surface area contributed by atoms with E-state index < -0.39 is 24.3 Å². The van der Waals surface area contributed by atoms with Gasteiger partial charge in [-0.25, -0.2) is 4.98 Å². The van der Waals surface area contributed by atoms with Gasteiger partial charge in [0.2, 0.25) is 0 Å². The Labute approximate surface area is 197 Å². The third kappa shape index (κ3) is 6.17. The number of carbonyl (C=O) groups is 1. The largest absolute Gasteiger partial charge is 0.487 e. The standard InChI is InChI=1S/C25H20F3N3O4/c1-16-8-9-31-22(10-16)29-19(13-24(31)33)14-34-21-7-3-5-18(12-21)30-23(32)15-35-20-6-2-4-17(11-20)25(26,27)28/h2-13H,14-15H2,1H3,(H,30,32). The van der Waals surface area contributed by atoms with Crippen LogP contribution in [-0.2, 0) is 17.6 Å². The first kappa shape index (κ1) is 23.8. The van der Waals surface area contributed by atoms with E-state index in [1.54, 1.807) is 36.5 Å². The summed E-state index contributed by atoms with van der Waals surface area (Å²) in [4.78, 5) is 28.9. The molecular formula is C25H20F3N3O4. The lowest BCUT2D eigenvalue weighted by molar-refractivity contribution is -0.137. The van der Waals surface area contributed by atoms with Crippen molar-refractivity contribution in [3.05, 3.63) is 100 Å². The summed E-state index contributed by atoms with van der Waals surface area (Å²) in [6.07, 6.45) is -2.84. The Bertz CT molecular complexity index is 1430. The smallest absolute Gasteiger partial charge is 0.416 e. The van der Waals surface area contributed by atoms with Gasteiger partial charge in [0, 0.05) is 24.0 Å². The summed E-state index contributed by atoms with van der Waals surface area (Å²) in [5.41, 5.74) is 1.24. The average molecular weight is 483 g/mol. The van der Waals surface area contributed by atoms with Crippen LogP contribution >= 0.6 is 0 Å². The molecule has 180 valence electrons. The number of nitrogens with one attached hydrogen (secondary N) is 1. The van der Waals surface area contributed by atoms with Crippen molar-refractivity contribution in [3.8, 4) is 11.5 Å². The maximum absolute atomic E-state index is 12.8. The number of hydrogen-bond acceptors (Lipinski definition) is 5. The molecule has 4 rings (SSSR count). The molecule has 1 amide bonds. The first-order valence-electron chi connectivity index (χ1n) is 10.5. The van der Waals surface area contributed by atoms with Crippen LogP contribution in [0.5, 0.6) is 11.5 Å². The summed E-state index contributed by atoms with van der Waals surface area (Å²) in [6, 6.07) is 15.8. The predicted octanol–water partition coefficient (Wildman–Crippen LogP) is 4.62. The van der Waals surface area contributed by atoms with Crippen LogP contribution in [0.25, 0.3) is 5.65 Å². The fourth-order valence-electron chi connectivity index (χ4n) is 3.26. The van der Waals surface area contributed by atoms with E-state index in [1.807, 2.05) is 13.0 Å². The molecule has 0 aliphatic heterocycles. The molecule has 0 fully saturated rings. The highest BCUT2D eigenvalue weighted by molar-refractivity contribution is 5.92. The minimum Gasteiger partial charge on any atom is -0.487 e. The topological polar surface area (TPSA) is 81.9 Å². The van der Waals surface area contributed by atoms with Crippen molar-refractivity contribution in [2.24, 2.45) is 0 Å². The minimum atomic E-state index is -4.50. The Balaban J connectivity index is 1.36. The first-order chi connectivity index (χ1) is 16.7. The van der Waals surface area contributed by atoms with Crippen molar-refractivity contribution >= 4 is 17.2 Å². The molecular weight excluding hydrogens is 463 g/mol. The van der Waals surface area contributed by atoms with E-state index in [4.69, 9.17) is 9.47 Å². The molecule has 10 heteroatoms. The zero-order chi connectivity index (χ0) is 25.0. The number of fused-ring (bicyclic) bond motifs is 1. The molecule has 1 N–H and O–H groups in total. The Kier molecular flexibility index (Phi) is 6.72. The lowest BCUT2D eigenvalue weighted by Crippen LogP contribution is -2.20. The quantitative estimate of drug-likeness (QED) is 0.415. The Morgan fingerprint density at radius 2 is 1.74 bits per heavy atom. The number of rotatable bonds is 7. The van der Waals surface area contributed by atoms with Crippen LogP contribution in [0.1, 0.15) is 16.8 Å². The number of pyridine rings is 1. The highest BCUT2D eigenvalue weighted by atomic mass is 19.4. The maximum atomic E-state index is 12.8. The average Bonchev–Trinajstić information content (AvgIpc) is 2.81. The van der Waals surface area contributed by atoms with Gasteiger partial charge in [-0.3, -0.25) is 14.0 Å². The van der Waals surface area contributed by atoms with E-state index in [0.29, 0.717) is 22.8 Å². The van der Waals surface area contributed by atoms with Crippen LogP contribution in [-0.4, -0.2) is 21.9 Å². The lowest BCUT2D eigenvalue weighted by atomic mass is 10.2. The van der Waals surface area contributed by atoms with Crippen LogP contribution in [0, 0.1) is 6.92 Å². The zero-order valence-corrected chi connectivity index (χ0v) is 18.5. The third-order valence-corrected chi connectivity index (χ3v) is 4.91. The molecule has 0 saturated carbocycles. The van der Waals surface area contributed by atoms with Crippen LogP contribution in [0.4, 0.5) is 18.9 Å². The molecule has 2 aromatic carbocycles.